The van der Waals surface area contributed by atoms with Gasteiger partial charge in [-0.05, 0) is 36.8 Å². The number of rotatable bonds is 7. The van der Waals surface area contributed by atoms with Crippen molar-refractivity contribution >= 4 is 39.1 Å². The topological polar surface area (TPSA) is 141 Å². The summed E-state index contributed by atoms with van der Waals surface area (Å²) >= 11 is 0.828. The summed E-state index contributed by atoms with van der Waals surface area (Å²) in [5.74, 6) is -0.820. The molecule has 2 amide bonds. The number of primary amides is 1. The Morgan fingerprint density at radius 1 is 1.21 bits per heavy atom. The molecular formula is C25H21F2N7O3S. The van der Waals surface area contributed by atoms with E-state index in [0.717, 1.165) is 16.9 Å². The fourth-order valence-electron chi connectivity index (χ4n) is 4.05. The number of nitrogens with zero attached hydrogens (tertiary/aromatic N) is 4. The Kier molecular flexibility index (Phi) is 6.36. The molecule has 0 aliphatic carbocycles. The molecule has 0 saturated carbocycles. The Hall–Kier alpha value is -4.65. The van der Waals surface area contributed by atoms with Gasteiger partial charge in [0.2, 0.25) is 0 Å². The van der Waals surface area contributed by atoms with Gasteiger partial charge >= 0.3 is 0 Å². The molecule has 1 aromatic carbocycles. The van der Waals surface area contributed by atoms with E-state index in [1.54, 1.807) is 50.0 Å². The zero-order valence-corrected chi connectivity index (χ0v) is 21.2. The molecule has 0 fully saturated rings. The maximum absolute atomic E-state index is 13.7. The number of aromatic nitrogens is 5. The highest BCUT2D eigenvalue weighted by atomic mass is 32.1. The van der Waals surface area contributed by atoms with Crippen LogP contribution in [0.4, 0.5) is 14.5 Å². The van der Waals surface area contributed by atoms with Crippen molar-refractivity contribution < 1.29 is 23.1 Å². The third-order valence-electron chi connectivity index (χ3n) is 6.08. The number of hydrogen-bond acceptors (Lipinski definition) is 7. The van der Waals surface area contributed by atoms with Gasteiger partial charge in [-0.1, -0.05) is 12.1 Å². The van der Waals surface area contributed by atoms with Crippen molar-refractivity contribution in [2.75, 3.05) is 12.4 Å². The minimum Gasteiger partial charge on any atom is -0.497 e. The maximum atomic E-state index is 13.7. The zero-order chi connectivity index (χ0) is 27.1. The van der Waals surface area contributed by atoms with Crippen LogP contribution in [0.25, 0.3) is 32.6 Å². The first-order valence-electron chi connectivity index (χ1n) is 11.2. The average molecular weight is 538 g/mol. The largest absolute Gasteiger partial charge is 0.497 e. The number of halogens is 2. The van der Waals surface area contributed by atoms with Crippen molar-refractivity contribution in [2.45, 2.75) is 13.3 Å². The number of amides is 2. The van der Waals surface area contributed by atoms with Crippen molar-refractivity contribution in [3.05, 3.63) is 64.6 Å². The molecule has 0 spiro atoms. The quantitative estimate of drug-likeness (QED) is 0.275. The lowest BCUT2D eigenvalue weighted by molar-refractivity contribution is 0.100. The van der Waals surface area contributed by atoms with Crippen LogP contribution < -0.4 is 15.8 Å². The molecule has 194 valence electrons. The van der Waals surface area contributed by atoms with Crippen LogP contribution in [0.2, 0.25) is 0 Å². The van der Waals surface area contributed by atoms with Crippen molar-refractivity contribution in [2.24, 2.45) is 12.8 Å². The number of H-pyrrole nitrogens is 1. The fourth-order valence-corrected chi connectivity index (χ4v) is 5.06. The minimum absolute atomic E-state index is 0.0254. The van der Waals surface area contributed by atoms with Gasteiger partial charge in [0, 0.05) is 29.3 Å². The number of thiophene rings is 1. The molecule has 5 aromatic rings. The van der Waals surface area contributed by atoms with Crippen molar-refractivity contribution in [1.29, 1.82) is 0 Å². The Labute approximate surface area is 218 Å². The lowest BCUT2D eigenvalue weighted by atomic mass is 10.0. The molecule has 38 heavy (non-hydrogen) atoms. The SMILES string of the molecule is COc1cccc(-c2cc(C(=O)Nc3c(C(N)=O)sc4nc(C(F)F)cc(-c5cnn(C)c5C)c34)[nH]n2)c1. The Balaban J connectivity index is 1.62. The highest BCUT2D eigenvalue weighted by molar-refractivity contribution is 7.21. The first-order valence-corrected chi connectivity index (χ1v) is 12.0. The van der Waals surface area contributed by atoms with E-state index in [4.69, 9.17) is 10.5 Å². The molecule has 0 aliphatic heterocycles. The lowest BCUT2D eigenvalue weighted by Gasteiger charge is -2.10. The van der Waals surface area contributed by atoms with E-state index >= 15 is 0 Å². The number of carbonyl (C=O) groups is 2. The van der Waals surface area contributed by atoms with E-state index in [1.807, 2.05) is 6.07 Å². The summed E-state index contributed by atoms with van der Waals surface area (Å²) in [5.41, 5.74) is 8.13. The molecule has 0 atom stereocenters. The second-order valence-electron chi connectivity index (χ2n) is 8.37. The molecule has 4 heterocycles. The van der Waals surface area contributed by atoms with E-state index in [-0.39, 0.29) is 21.1 Å². The van der Waals surface area contributed by atoms with Crippen LogP contribution in [-0.4, -0.2) is 43.9 Å². The van der Waals surface area contributed by atoms with E-state index < -0.39 is 23.9 Å². The molecule has 4 N–H and O–H groups in total. The van der Waals surface area contributed by atoms with Crippen molar-refractivity contribution in [3.8, 4) is 28.1 Å². The molecule has 10 nitrogen and oxygen atoms in total. The molecule has 13 heteroatoms. The second kappa shape index (κ2) is 9.67. The Morgan fingerprint density at radius 2 is 2.00 bits per heavy atom. The molecular weight excluding hydrogens is 516 g/mol. The highest BCUT2D eigenvalue weighted by Gasteiger charge is 2.26. The number of carbonyl (C=O) groups excluding carboxylic acids is 2. The van der Waals surface area contributed by atoms with Gasteiger partial charge in [0.15, 0.2) is 0 Å². The van der Waals surface area contributed by atoms with Crippen molar-refractivity contribution in [3.63, 3.8) is 0 Å². The second-order valence-corrected chi connectivity index (χ2v) is 9.37. The standard InChI is InChI=1S/C25H21F2N7O3S/c1-11-15(10-29-34(11)2)14-8-17(22(26)27)30-25-19(14)20(21(38-25)23(28)35)31-24(36)18-9-16(32-33-18)12-5-4-6-13(7-12)37-3/h4-10,22H,1-3H3,(H2,28,35)(H,31,36)(H,32,33). The van der Waals surface area contributed by atoms with Gasteiger partial charge in [-0.15, -0.1) is 11.3 Å². The number of hydrogen-bond donors (Lipinski definition) is 3. The number of alkyl halides is 2. The average Bonchev–Trinajstić information content (AvgIpc) is 3.62. The number of nitrogens with one attached hydrogen (secondary N) is 2. The first-order chi connectivity index (χ1) is 18.2. The van der Waals surface area contributed by atoms with Gasteiger partial charge < -0.3 is 15.8 Å². The van der Waals surface area contributed by atoms with E-state index in [1.165, 1.54) is 12.3 Å². The minimum atomic E-state index is -2.85. The Bertz CT molecular complexity index is 1710. The molecule has 0 saturated heterocycles. The lowest BCUT2D eigenvalue weighted by Crippen LogP contribution is -2.17. The number of benzene rings is 1. The van der Waals surface area contributed by atoms with Gasteiger partial charge in [0.1, 0.15) is 26.8 Å². The number of pyridine rings is 1. The van der Waals surface area contributed by atoms with Gasteiger partial charge in [-0.2, -0.15) is 10.2 Å². The molecule has 0 bridgehead atoms. The number of ether oxygens (including phenoxy) is 1. The summed E-state index contributed by atoms with van der Waals surface area (Å²) in [4.78, 5) is 29.8. The van der Waals surface area contributed by atoms with E-state index in [9.17, 15) is 18.4 Å². The number of nitrogens with two attached hydrogens (primary N) is 1. The summed E-state index contributed by atoms with van der Waals surface area (Å²) in [5, 5.41) is 14.1. The summed E-state index contributed by atoms with van der Waals surface area (Å²) in [6, 6.07) is 9.94. The summed E-state index contributed by atoms with van der Waals surface area (Å²) in [6.45, 7) is 1.78. The van der Waals surface area contributed by atoms with Crippen LogP contribution >= 0.6 is 11.3 Å². The predicted molar refractivity (Wildman–Crippen MR) is 139 cm³/mol. The Morgan fingerprint density at radius 3 is 2.66 bits per heavy atom. The number of anilines is 1. The summed E-state index contributed by atoms with van der Waals surface area (Å²) in [6.07, 6.45) is -1.32. The number of fused-ring (bicyclic) bond motifs is 1. The molecule has 5 rings (SSSR count). The highest BCUT2D eigenvalue weighted by Crippen LogP contribution is 2.43. The first kappa shape index (κ1) is 25.0. The smallest absolute Gasteiger partial charge is 0.280 e. The maximum Gasteiger partial charge on any atom is 0.280 e. The fraction of sp³-hybridized carbons (Fsp3) is 0.160. The van der Waals surface area contributed by atoms with Crippen LogP contribution in [0.1, 0.15) is 38.0 Å². The monoisotopic (exact) mass is 537 g/mol. The van der Waals surface area contributed by atoms with E-state index in [2.05, 4.69) is 25.6 Å². The van der Waals surface area contributed by atoms with Crippen LogP contribution in [0.5, 0.6) is 5.75 Å². The van der Waals surface area contributed by atoms with Crippen LogP contribution in [0.15, 0.2) is 42.6 Å². The molecule has 0 aliphatic rings. The number of aromatic amines is 1. The molecule has 4 aromatic heterocycles. The zero-order valence-electron chi connectivity index (χ0n) is 20.4. The van der Waals surface area contributed by atoms with E-state index in [0.29, 0.717) is 33.7 Å². The van der Waals surface area contributed by atoms with Crippen molar-refractivity contribution in [1.82, 2.24) is 25.0 Å². The molecule has 0 radical (unpaired) electrons. The van der Waals surface area contributed by atoms with Gasteiger partial charge in [0.25, 0.3) is 18.2 Å². The summed E-state index contributed by atoms with van der Waals surface area (Å²) in [7, 11) is 3.26. The van der Waals surface area contributed by atoms with Gasteiger partial charge in [-0.3, -0.25) is 19.4 Å². The van der Waals surface area contributed by atoms with Crippen LogP contribution in [-0.2, 0) is 7.05 Å². The third kappa shape index (κ3) is 4.36. The van der Waals surface area contributed by atoms with Crippen LogP contribution in [0.3, 0.4) is 0 Å². The third-order valence-corrected chi connectivity index (χ3v) is 7.18. The van der Waals surface area contributed by atoms with Crippen LogP contribution in [0, 0.1) is 6.92 Å². The number of aryl methyl sites for hydroxylation is 1. The number of methoxy groups -OCH3 is 1. The molecule has 0 unspecified atom stereocenters. The normalized spacial score (nSPS) is 11.3. The predicted octanol–water partition coefficient (Wildman–Crippen LogP) is 4.69. The summed E-state index contributed by atoms with van der Waals surface area (Å²) < 4.78 is 34.3. The van der Waals surface area contributed by atoms with Gasteiger partial charge in [0.05, 0.1) is 24.7 Å². The van der Waals surface area contributed by atoms with Gasteiger partial charge in [-0.25, -0.2) is 13.8 Å².